The number of amides is 1. The molecule has 0 radical (unpaired) electrons. The quantitative estimate of drug-likeness (QED) is 0.843. The highest BCUT2D eigenvalue weighted by Crippen LogP contribution is 2.38. The van der Waals surface area contributed by atoms with E-state index >= 15 is 0 Å². The van der Waals surface area contributed by atoms with Gasteiger partial charge in [-0.3, -0.25) is 4.79 Å². The first-order valence-corrected chi connectivity index (χ1v) is 7.63. The SMILES string of the molecule is CCOc1cccc(C2(CC)CCCCN(C)C2=O)c1. The largest absolute Gasteiger partial charge is 0.494 e. The van der Waals surface area contributed by atoms with E-state index in [4.69, 9.17) is 4.74 Å². The number of hydrogen-bond acceptors (Lipinski definition) is 2. The van der Waals surface area contributed by atoms with Crippen LogP contribution < -0.4 is 4.74 Å². The van der Waals surface area contributed by atoms with E-state index in [2.05, 4.69) is 13.0 Å². The minimum Gasteiger partial charge on any atom is -0.494 e. The van der Waals surface area contributed by atoms with Crippen LogP contribution in [-0.2, 0) is 10.2 Å². The molecular weight excluding hydrogens is 250 g/mol. The number of rotatable bonds is 4. The van der Waals surface area contributed by atoms with Gasteiger partial charge in [-0.15, -0.1) is 0 Å². The maximum Gasteiger partial charge on any atom is 0.232 e. The molecular formula is C17H25NO2. The second-order valence-electron chi connectivity index (χ2n) is 5.58. The van der Waals surface area contributed by atoms with Gasteiger partial charge in [-0.2, -0.15) is 0 Å². The highest BCUT2D eigenvalue weighted by molar-refractivity contribution is 5.88. The van der Waals surface area contributed by atoms with Crippen LogP contribution in [0.4, 0.5) is 0 Å². The smallest absolute Gasteiger partial charge is 0.232 e. The highest BCUT2D eigenvalue weighted by atomic mass is 16.5. The van der Waals surface area contributed by atoms with Crippen LogP contribution in [0.25, 0.3) is 0 Å². The minimum absolute atomic E-state index is 0.256. The molecule has 1 aliphatic rings. The van der Waals surface area contributed by atoms with Crippen molar-refractivity contribution in [3.63, 3.8) is 0 Å². The summed E-state index contributed by atoms with van der Waals surface area (Å²) < 4.78 is 5.60. The van der Waals surface area contributed by atoms with Crippen LogP contribution in [0.5, 0.6) is 5.75 Å². The fourth-order valence-corrected chi connectivity index (χ4v) is 3.20. The first-order valence-electron chi connectivity index (χ1n) is 7.63. The molecule has 3 heteroatoms. The summed E-state index contributed by atoms with van der Waals surface area (Å²) in [6.45, 7) is 5.61. The van der Waals surface area contributed by atoms with Gasteiger partial charge in [0.15, 0.2) is 0 Å². The third-order valence-electron chi connectivity index (χ3n) is 4.40. The lowest BCUT2D eigenvalue weighted by atomic mass is 9.73. The van der Waals surface area contributed by atoms with E-state index in [1.54, 1.807) is 0 Å². The average molecular weight is 275 g/mol. The zero-order chi connectivity index (χ0) is 14.6. The first-order chi connectivity index (χ1) is 9.64. The molecule has 1 amide bonds. The van der Waals surface area contributed by atoms with Crippen LogP contribution in [0, 0.1) is 0 Å². The summed E-state index contributed by atoms with van der Waals surface area (Å²) in [5, 5.41) is 0. The molecule has 20 heavy (non-hydrogen) atoms. The predicted molar refractivity (Wildman–Crippen MR) is 81.1 cm³/mol. The van der Waals surface area contributed by atoms with Crippen molar-refractivity contribution in [1.29, 1.82) is 0 Å². The standard InChI is InChI=1S/C17H25NO2/c1-4-17(11-6-7-12-18(3)16(17)19)14-9-8-10-15(13-14)20-5-2/h8-10,13H,4-7,11-12H2,1-3H3. The summed E-state index contributed by atoms with van der Waals surface area (Å²) in [4.78, 5) is 14.7. The van der Waals surface area contributed by atoms with Crippen molar-refractivity contribution in [3.8, 4) is 5.75 Å². The first kappa shape index (κ1) is 14.9. The van der Waals surface area contributed by atoms with E-state index in [9.17, 15) is 4.79 Å². The van der Waals surface area contributed by atoms with Crippen molar-refractivity contribution in [2.45, 2.75) is 44.9 Å². The maximum absolute atomic E-state index is 12.9. The Balaban J connectivity index is 2.42. The van der Waals surface area contributed by atoms with E-state index in [1.165, 1.54) is 0 Å². The Labute approximate surface area is 121 Å². The van der Waals surface area contributed by atoms with Crippen LogP contribution in [0.15, 0.2) is 24.3 Å². The number of likely N-dealkylation sites (tertiary alicyclic amines) is 1. The van der Waals surface area contributed by atoms with Crippen LogP contribution >= 0.6 is 0 Å². The Morgan fingerprint density at radius 2 is 2.10 bits per heavy atom. The van der Waals surface area contributed by atoms with E-state index in [1.807, 2.05) is 37.1 Å². The molecule has 0 bridgehead atoms. The Morgan fingerprint density at radius 3 is 2.80 bits per heavy atom. The number of carbonyl (C=O) groups excluding carboxylic acids is 1. The van der Waals surface area contributed by atoms with Crippen LogP contribution in [0.2, 0.25) is 0 Å². The van der Waals surface area contributed by atoms with E-state index in [-0.39, 0.29) is 11.3 Å². The molecule has 0 aliphatic carbocycles. The van der Waals surface area contributed by atoms with Crippen molar-refractivity contribution < 1.29 is 9.53 Å². The van der Waals surface area contributed by atoms with Crippen LogP contribution in [0.3, 0.4) is 0 Å². The summed E-state index contributed by atoms with van der Waals surface area (Å²) in [7, 11) is 1.92. The maximum atomic E-state index is 12.9. The summed E-state index contributed by atoms with van der Waals surface area (Å²) in [5.41, 5.74) is 0.725. The number of hydrogen-bond donors (Lipinski definition) is 0. The van der Waals surface area contributed by atoms with Crippen molar-refractivity contribution in [2.75, 3.05) is 20.2 Å². The molecule has 0 N–H and O–H groups in total. The van der Waals surface area contributed by atoms with Gasteiger partial charge in [-0.1, -0.05) is 25.5 Å². The Kier molecular flexibility index (Phi) is 4.69. The van der Waals surface area contributed by atoms with Crippen molar-refractivity contribution in [3.05, 3.63) is 29.8 Å². The third-order valence-corrected chi connectivity index (χ3v) is 4.40. The van der Waals surface area contributed by atoms with Crippen LogP contribution in [-0.4, -0.2) is 31.0 Å². The van der Waals surface area contributed by atoms with Crippen molar-refractivity contribution in [2.24, 2.45) is 0 Å². The topological polar surface area (TPSA) is 29.5 Å². The number of benzene rings is 1. The third kappa shape index (κ3) is 2.67. The summed E-state index contributed by atoms with van der Waals surface area (Å²) in [5.74, 6) is 1.11. The molecule has 1 atom stereocenters. The number of carbonyl (C=O) groups is 1. The molecule has 1 heterocycles. The molecule has 1 aromatic rings. The molecule has 0 aromatic heterocycles. The monoisotopic (exact) mass is 275 g/mol. The van der Waals surface area contributed by atoms with Gasteiger partial charge in [-0.25, -0.2) is 0 Å². The average Bonchev–Trinajstić information content (AvgIpc) is 2.61. The normalized spacial score (nSPS) is 23.6. The summed E-state index contributed by atoms with van der Waals surface area (Å²) >= 11 is 0. The van der Waals surface area contributed by atoms with Crippen molar-refractivity contribution in [1.82, 2.24) is 4.90 Å². The van der Waals surface area contributed by atoms with Gasteiger partial charge < -0.3 is 9.64 Å². The lowest BCUT2D eigenvalue weighted by Gasteiger charge is -2.33. The molecule has 0 saturated carbocycles. The van der Waals surface area contributed by atoms with Gasteiger partial charge >= 0.3 is 0 Å². The minimum atomic E-state index is -0.377. The molecule has 1 fully saturated rings. The molecule has 3 nitrogen and oxygen atoms in total. The van der Waals surface area contributed by atoms with Crippen molar-refractivity contribution >= 4 is 5.91 Å². The lowest BCUT2D eigenvalue weighted by Crippen LogP contribution is -2.43. The van der Waals surface area contributed by atoms with Gasteiger partial charge in [0.05, 0.1) is 12.0 Å². The van der Waals surface area contributed by atoms with Gasteiger partial charge in [0.25, 0.3) is 0 Å². The fourth-order valence-electron chi connectivity index (χ4n) is 3.20. The number of likely N-dealkylation sites (N-methyl/N-ethyl adjacent to an activating group) is 1. The predicted octanol–water partition coefficient (Wildman–Crippen LogP) is 3.38. The Morgan fingerprint density at radius 1 is 1.30 bits per heavy atom. The van der Waals surface area contributed by atoms with Gasteiger partial charge in [0, 0.05) is 13.6 Å². The second-order valence-corrected chi connectivity index (χ2v) is 5.58. The van der Waals surface area contributed by atoms with E-state index in [0.29, 0.717) is 6.61 Å². The van der Waals surface area contributed by atoms with E-state index < -0.39 is 0 Å². The molecule has 1 saturated heterocycles. The van der Waals surface area contributed by atoms with Crippen LogP contribution in [0.1, 0.15) is 45.1 Å². The highest BCUT2D eigenvalue weighted by Gasteiger charge is 2.41. The second kappa shape index (κ2) is 6.29. The van der Waals surface area contributed by atoms with E-state index in [0.717, 1.165) is 43.5 Å². The molecule has 2 rings (SSSR count). The molecule has 1 aliphatic heterocycles. The molecule has 1 aromatic carbocycles. The fraction of sp³-hybridized carbons (Fsp3) is 0.588. The molecule has 1 unspecified atom stereocenters. The lowest BCUT2D eigenvalue weighted by molar-refractivity contribution is -0.135. The van der Waals surface area contributed by atoms with Gasteiger partial charge in [0.1, 0.15) is 5.75 Å². The zero-order valence-corrected chi connectivity index (χ0v) is 12.8. The van der Waals surface area contributed by atoms with Gasteiger partial charge in [0.2, 0.25) is 5.91 Å². The summed E-state index contributed by atoms with van der Waals surface area (Å²) in [6.07, 6.45) is 3.96. The number of nitrogens with zero attached hydrogens (tertiary/aromatic N) is 1. The molecule has 110 valence electrons. The van der Waals surface area contributed by atoms with Gasteiger partial charge in [-0.05, 0) is 43.9 Å². The molecule has 0 spiro atoms. The Bertz CT molecular complexity index is 472. The summed E-state index contributed by atoms with van der Waals surface area (Å²) in [6, 6.07) is 8.07. The zero-order valence-electron chi connectivity index (χ0n) is 12.8. The Hall–Kier alpha value is -1.51. The number of ether oxygens (including phenoxy) is 1.